The highest BCUT2D eigenvalue weighted by atomic mass is 32.1. The molecule has 4 heteroatoms. The molecule has 0 bridgehead atoms. The van der Waals surface area contributed by atoms with Crippen molar-refractivity contribution < 1.29 is 0 Å². The van der Waals surface area contributed by atoms with Gasteiger partial charge in [-0.25, -0.2) is 4.98 Å². The third-order valence-corrected chi connectivity index (χ3v) is 4.22. The number of hydrogen-bond acceptors (Lipinski definition) is 4. The van der Waals surface area contributed by atoms with E-state index in [1.54, 1.807) is 11.3 Å². The molecule has 17 heavy (non-hydrogen) atoms. The van der Waals surface area contributed by atoms with E-state index in [0.29, 0.717) is 5.92 Å². The Hall–Kier alpha value is -0.920. The fourth-order valence-corrected chi connectivity index (χ4v) is 3.22. The first-order valence-electron chi connectivity index (χ1n) is 6.32. The predicted molar refractivity (Wildman–Crippen MR) is 70.3 cm³/mol. The first-order valence-corrected chi connectivity index (χ1v) is 7.14. The Balaban J connectivity index is 1.99. The number of nitriles is 1. The standard InChI is InChI=1S/C13H19N3S/c1-10(2)13-11(9-14)17-12(15-13)5-8-16-6-3-4-7-16/h10H,3-8H2,1-2H3. The zero-order chi connectivity index (χ0) is 12.3. The number of nitrogens with zero attached hydrogens (tertiary/aromatic N) is 3. The second kappa shape index (κ2) is 5.61. The highest BCUT2D eigenvalue weighted by Gasteiger charge is 2.16. The maximum Gasteiger partial charge on any atom is 0.128 e. The summed E-state index contributed by atoms with van der Waals surface area (Å²) in [5.74, 6) is 0.349. The van der Waals surface area contributed by atoms with Gasteiger partial charge in [-0.05, 0) is 31.8 Å². The van der Waals surface area contributed by atoms with Gasteiger partial charge in [0, 0.05) is 13.0 Å². The molecule has 0 unspecified atom stereocenters. The lowest BCUT2D eigenvalue weighted by Gasteiger charge is -2.12. The highest BCUT2D eigenvalue weighted by molar-refractivity contribution is 7.12. The third-order valence-electron chi connectivity index (χ3n) is 3.19. The van der Waals surface area contributed by atoms with Gasteiger partial charge in [0.2, 0.25) is 0 Å². The molecule has 2 rings (SSSR count). The molecule has 2 heterocycles. The monoisotopic (exact) mass is 249 g/mol. The van der Waals surface area contributed by atoms with Crippen molar-refractivity contribution in [3.63, 3.8) is 0 Å². The Morgan fingerprint density at radius 2 is 2.12 bits per heavy atom. The zero-order valence-corrected chi connectivity index (χ0v) is 11.4. The maximum absolute atomic E-state index is 9.07. The number of rotatable bonds is 4. The molecule has 0 aromatic carbocycles. The molecule has 0 N–H and O–H groups in total. The first kappa shape index (κ1) is 12.5. The molecule has 1 saturated heterocycles. The SMILES string of the molecule is CC(C)c1nc(CCN2CCCC2)sc1C#N. The zero-order valence-electron chi connectivity index (χ0n) is 10.6. The molecule has 0 radical (unpaired) electrons. The average Bonchev–Trinajstić information content (AvgIpc) is 2.95. The summed E-state index contributed by atoms with van der Waals surface area (Å²) in [6.45, 7) is 7.75. The van der Waals surface area contributed by atoms with Crippen LogP contribution in [0.3, 0.4) is 0 Å². The third kappa shape index (κ3) is 3.05. The predicted octanol–water partition coefficient (Wildman–Crippen LogP) is 2.78. The Bertz CT molecular complexity index is 411. The minimum absolute atomic E-state index is 0.349. The summed E-state index contributed by atoms with van der Waals surface area (Å²) in [4.78, 5) is 7.90. The molecule has 0 atom stereocenters. The van der Waals surface area contributed by atoms with E-state index in [1.807, 2.05) is 0 Å². The molecule has 3 nitrogen and oxygen atoms in total. The van der Waals surface area contributed by atoms with E-state index in [4.69, 9.17) is 5.26 Å². The van der Waals surface area contributed by atoms with Gasteiger partial charge < -0.3 is 4.90 Å². The van der Waals surface area contributed by atoms with Crippen LogP contribution < -0.4 is 0 Å². The average molecular weight is 249 g/mol. The van der Waals surface area contributed by atoms with Gasteiger partial charge in [-0.1, -0.05) is 13.8 Å². The van der Waals surface area contributed by atoms with Crippen LogP contribution >= 0.6 is 11.3 Å². The summed E-state index contributed by atoms with van der Waals surface area (Å²) in [5, 5.41) is 10.2. The molecule has 1 aromatic rings. The molecular weight excluding hydrogens is 230 g/mol. The Morgan fingerprint density at radius 3 is 2.65 bits per heavy atom. The van der Waals surface area contributed by atoms with Gasteiger partial charge in [0.05, 0.1) is 10.7 Å². The van der Waals surface area contributed by atoms with Crippen molar-refractivity contribution in [3.8, 4) is 6.07 Å². The normalized spacial score (nSPS) is 16.6. The van der Waals surface area contributed by atoms with Gasteiger partial charge in [-0.2, -0.15) is 5.26 Å². The topological polar surface area (TPSA) is 39.9 Å². The van der Waals surface area contributed by atoms with E-state index in [2.05, 4.69) is 29.8 Å². The Morgan fingerprint density at radius 1 is 1.41 bits per heavy atom. The van der Waals surface area contributed by atoms with Crippen LogP contribution in [0.5, 0.6) is 0 Å². The van der Waals surface area contributed by atoms with E-state index < -0.39 is 0 Å². The van der Waals surface area contributed by atoms with E-state index in [-0.39, 0.29) is 0 Å². The molecule has 0 aliphatic carbocycles. The Kier molecular flexibility index (Phi) is 4.14. The molecule has 1 aromatic heterocycles. The van der Waals surface area contributed by atoms with Gasteiger partial charge in [0.15, 0.2) is 0 Å². The fraction of sp³-hybridized carbons (Fsp3) is 0.692. The van der Waals surface area contributed by atoms with Crippen molar-refractivity contribution in [2.45, 2.75) is 39.0 Å². The van der Waals surface area contributed by atoms with Gasteiger partial charge in [0.1, 0.15) is 10.9 Å². The molecular formula is C13H19N3S. The minimum atomic E-state index is 0.349. The van der Waals surface area contributed by atoms with Crippen LogP contribution in [0, 0.1) is 11.3 Å². The lowest BCUT2D eigenvalue weighted by atomic mass is 10.1. The van der Waals surface area contributed by atoms with Crippen LogP contribution in [0.1, 0.15) is 48.2 Å². The van der Waals surface area contributed by atoms with Crippen molar-refractivity contribution in [2.24, 2.45) is 0 Å². The van der Waals surface area contributed by atoms with Crippen LogP contribution in [-0.4, -0.2) is 29.5 Å². The minimum Gasteiger partial charge on any atom is -0.303 e. The van der Waals surface area contributed by atoms with Crippen LogP contribution in [0.25, 0.3) is 0 Å². The molecule has 0 amide bonds. The molecule has 1 fully saturated rings. The summed E-state index contributed by atoms with van der Waals surface area (Å²) in [6, 6.07) is 2.27. The smallest absolute Gasteiger partial charge is 0.128 e. The van der Waals surface area contributed by atoms with Gasteiger partial charge >= 0.3 is 0 Å². The fourth-order valence-electron chi connectivity index (χ4n) is 2.22. The van der Waals surface area contributed by atoms with Crippen LogP contribution in [0.4, 0.5) is 0 Å². The van der Waals surface area contributed by atoms with Crippen molar-refractivity contribution in [3.05, 3.63) is 15.6 Å². The van der Waals surface area contributed by atoms with Crippen LogP contribution in [0.15, 0.2) is 0 Å². The summed E-state index contributed by atoms with van der Waals surface area (Å²) in [5.41, 5.74) is 0.980. The number of aromatic nitrogens is 1. The molecule has 1 aliphatic rings. The molecule has 92 valence electrons. The van der Waals surface area contributed by atoms with Crippen LogP contribution in [-0.2, 0) is 6.42 Å². The van der Waals surface area contributed by atoms with E-state index in [0.717, 1.165) is 28.5 Å². The maximum atomic E-state index is 9.07. The first-order chi connectivity index (χ1) is 8.20. The van der Waals surface area contributed by atoms with Gasteiger partial charge in [-0.15, -0.1) is 11.3 Å². The number of thiazole rings is 1. The highest BCUT2D eigenvalue weighted by Crippen LogP contribution is 2.24. The Labute approximate surface area is 107 Å². The number of hydrogen-bond donors (Lipinski definition) is 0. The van der Waals surface area contributed by atoms with Gasteiger partial charge in [0.25, 0.3) is 0 Å². The summed E-state index contributed by atoms with van der Waals surface area (Å²) in [6.07, 6.45) is 3.66. The van der Waals surface area contributed by atoms with Crippen molar-refractivity contribution in [1.82, 2.24) is 9.88 Å². The summed E-state index contributed by atoms with van der Waals surface area (Å²) >= 11 is 1.57. The second-order valence-corrected chi connectivity index (χ2v) is 5.97. The lowest BCUT2D eigenvalue weighted by Crippen LogP contribution is -2.21. The van der Waals surface area contributed by atoms with E-state index in [1.165, 1.54) is 25.9 Å². The summed E-state index contributed by atoms with van der Waals surface area (Å²) < 4.78 is 0. The molecule has 1 aliphatic heterocycles. The van der Waals surface area contributed by atoms with Crippen LogP contribution in [0.2, 0.25) is 0 Å². The second-order valence-electron chi connectivity index (χ2n) is 4.89. The van der Waals surface area contributed by atoms with Crippen molar-refractivity contribution >= 4 is 11.3 Å². The van der Waals surface area contributed by atoms with Crippen molar-refractivity contribution in [1.29, 1.82) is 5.26 Å². The molecule has 0 saturated carbocycles. The largest absolute Gasteiger partial charge is 0.303 e. The van der Waals surface area contributed by atoms with Gasteiger partial charge in [-0.3, -0.25) is 0 Å². The quantitative estimate of drug-likeness (QED) is 0.823. The van der Waals surface area contributed by atoms with E-state index in [9.17, 15) is 0 Å². The lowest BCUT2D eigenvalue weighted by molar-refractivity contribution is 0.343. The molecule has 0 spiro atoms. The van der Waals surface area contributed by atoms with Crippen molar-refractivity contribution in [2.75, 3.05) is 19.6 Å². The van der Waals surface area contributed by atoms with E-state index >= 15 is 0 Å². The summed E-state index contributed by atoms with van der Waals surface area (Å²) in [7, 11) is 0. The number of likely N-dealkylation sites (tertiary alicyclic amines) is 1.